The molecule has 0 aliphatic carbocycles. The summed E-state index contributed by atoms with van der Waals surface area (Å²) in [6, 6.07) is 4.99. The second-order valence-corrected chi connectivity index (χ2v) is 6.41. The van der Waals surface area contributed by atoms with E-state index in [9.17, 15) is 4.39 Å². The molecule has 1 aromatic heterocycles. The van der Waals surface area contributed by atoms with E-state index in [1.54, 1.807) is 17.4 Å². The van der Waals surface area contributed by atoms with Gasteiger partial charge in [-0.25, -0.2) is 9.37 Å². The number of hydrogen-bond acceptors (Lipinski definition) is 3. The molecule has 2 atom stereocenters. The SMILES string of the molecule is CC(CNC(C)c1cc(Br)ccc1F)c1nccs1. The fourth-order valence-electron chi connectivity index (χ4n) is 1.88. The van der Waals surface area contributed by atoms with Crippen molar-refractivity contribution in [1.29, 1.82) is 0 Å². The number of rotatable bonds is 5. The van der Waals surface area contributed by atoms with Gasteiger partial charge < -0.3 is 5.32 Å². The number of aromatic nitrogens is 1. The summed E-state index contributed by atoms with van der Waals surface area (Å²) >= 11 is 5.02. The minimum atomic E-state index is -0.176. The first-order valence-corrected chi connectivity index (χ1v) is 7.83. The van der Waals surface area contributed by atoms with E-state index >= 15 is 0 Å². The summed E-state index contributed by atoms with van der Waals surface area (Å²) in [6.07, 6.45) is 1.81. The van der Waals surface area contributed by atoms with E-state index < -0.39 is 0 Å². The third kappa shape index (κ3) is 3.84. The zero-order chi connectivity index (χ0) is 13.8. The second kappa shape index (κ2) is 6.59. The van der Waals surface area contributed by atoms with Gasteiger partial charge in [0.05, 0.1) is 5.01 Å². The van der Waals surface area contributed by atoms with Gasteiger partial charge in [0.1, 0.15) is 5.82 Å². The lowest BCUT2D eigenvalue weighted by molar-refractivity contribution is 0.507. The Bertz CT molecular complexity index is 530. The van der Waals surface area contributed by atoms with Crippen LogP contribution >= 0.6 is 27.3 Å². The molecule has 0 saturated heterocycles. The van der Waals surface area contributed by atoms with Crippen LogP contribution in [0.5, 0.6) is 0 Å². The van der Waals surface area contributed by atoms with Crippen molar-refractivity contribution in [2.45, 2.75) is 25.8 Å². The molecule has 2 nitrogen and oxygen atoms in total. The van der Waals surface area contributed by atoms with Crippen molar-refractivity contribution in [3.05, 3.63) is 50.6 Å². The van der Waals surface area contributed by atoms with Gasteiger partial charge in [-0.3, -0.25) is 0 Å². The molecule has 0 aliphatic heterocycles. The van der Waals surface area contributed by atoms with Gasteiger partial charge in [0.2, 0.25) is 0 Å². The molecule has 0 fully saturated rings. The normalized spacial score (nSPS) is 14.3. The Labute approximate surface area is 125 Å². The van der Waals surface area contributed by atoms with Crippen LogP contribution in [0.3, 0.4) is 0 Å². The molecule has 0 saturated carbocycles. The van der Waals surface area contributed by atoms with Gasteiger partial charge in [-0.2, -0.15) is 0 Å². The van der Waals surface area contributed by atoms with Crippen LogP contribution in [0.4, 0.5) is 4.39 Å². The van der Waals surface area contributed by atoms with E-state index in [0.29, 0.717) is 11.5 Å². The smallest absolute Gasteiger partial charge is 0.128 e. The summed E-state index contributed by atoms with van der Waals surface area (Å²) in [4.78, 5) is 4.30. The minimum Gasteiger partial charge on any atom is -0.309 e. The van der Waals surface area contributed by atoms with Crippen molar-refractivity contribution in [3.8, 4) is 0 Å². The van der Waals surface area contributed by atoms with Gasteiger partial charge in [0.15, 0.2) is 0 Å². The van der Waals surface area contributed by atoms with E-state index in [4.69, 9.17) is 0 Å². The summed E-state index contributed by atoms with van der Waals surface area (Å²) in [5.41, 5.74) is 0.681. The molecule has 1 N–H and O–H groups in total. The maximum Gasteiger partial charge on any atom is 0.128 e. The third-order valence-corrected chi connectivity index (χ3v) is 4.53. The molecular weight excluding hydrogens is 327 g/mol. The Morgan fingerprint density at radius 3 is 2.89 bits per heavy atom. The summed E-state index contributed by atoms with van der Waals surface area (Å²) in [5, 5.41) is 6.44. The van der Waals surface area contributed by atoms with E-state index in [0.717, 1.165) is 16.0 Å². The second-order valence-electron chi connectivity index (χ2n) is 4.57. The number of benzene rings is 1. The van der Waals surface area contributed by atoms with Crippen LogP contribution in [0.2, 0.25) is 0 Å². The van der Waals surface area contributed by atoms with Crippen LogP contribution in [0.25, 0.3) is 0 Å². The fraction of sp³-hybridized carbons (Fsp3) is 0.357. The molecule has 2 unspecified atom stereocenters. The first kappa shape index (κ1) is 14.6. The standard InChI is InChI=1S/C14H16BrFN2S/c1-9(14-17-5-6-19-14)8-18-10(2)12-7-11(15)3-4-13(12)16/h3-7,9-10,18H,8H2,1-2H3. The average Bonchev–Trinajstić information content (AvgIpc) is 2.92. The fourth-order valence-corrected chi connectivity index (χ4v) is 2.95. The lowest BCUT2D eigenvalue weighted by atomic mass is 10.1. The van der Waals surface area contributed by atoms with Crippen LogP contribution in [-0.4, -0.2) is 11.5 Å². The van der Waals surface area contributed by atoms with Gasteiger partial charge in [0.25, 0.3) is 0 Å². The molecule has 0 bridgehead atoms. The van der Waals surface area contributed by atoms with Crippen LogP contribution in [0, 0.1) is 5.82 Å². The molecule has 19 heavy (non-hydrogen) atoms. The third-order valence-electron chi connectivity index (χ3n) is 3.03. The highest BCUT2D eigenvalue weighted by Crippen LogP contribution is 2.23. The van der Waals surface area contributed by atoms with Gasteiger partial charge >= 0.3 is 0 Å². The average molecular weight is 343 g/mol. The van der Waals surface area contributed by atoms with Crippen LogP contribution in [-0.2, 0) is 0 Å². The summed E-state index contributed by atoms with van der Waals surface area (Å²) in [6.45, 7) is 4.87. The van der Waals surface area contributed by atoms with Gasteiger partial charge in [-0.15, -0.1) is 11.3 Å². The van der Waals surface area contributed by atoms with Gasteiger partial charge in [-0.1, -0.05) is 22.9 Å². The van der Waals surface area contributed by atoms with Crippen molar-refractivity contribution >= 4 is 27.3 Å². The first-order valence-electron chi connectivity index (χ1n) is 6.15. The van der Waals surface area contributed by atoms with E-state index in [1.165, 1.54) is 6.07 Å². The molecule has 0 spiro atoms. The summed E-state index contributed by atoms with van der Waals surface area (Å²) in [7, 11) is 0. The Balaban J connectivity index is 1.97. The quantitative estimate of drug-likeness (QED) is 0.865. The maximum absolute atomic E-state index is 13.7. The molecule has 1 heterocycles. The minimum absolute atomic E-state index is 0.0279. The molecule has 1 aromatic carbocycles. The maximum atomic E-state index is 13.7. The monoisotopic (exact) mass is 342 g/mol. The largest absolute Gasteiger partial charge is 0.309 e. The molecule has 0 aliphatic rings. The zero-order valence-electron chi connectivity index (χ0n) is 10.9. The molecule has 0 amide bonds. The topological polar surface area (TPSA) is 24.9 Å². The number of nitrogens with one attached hydrogen (secondary N) is 1. The highest BCUT2D eigenvalue weighted by Gasteiger charge is 2.14. The highest BCUT2D eigenvalue weighted by molar-refractivity contribution is 9.10. The summed E-state index contributed by atoms with van der Waals surface area (Å²) in [5.74, 6) is 0.155. The van der Waals surface area contributed by atoms with Crippen molar-refractivity contribution < 1.29 is 4.39 Å². The molecule has 2 rings (SSSR count). The van der Waals surface area contributed by atoms with Crippen LogP contribution in [0.1, 0.15) is 36.4 Å². The van der Waals surface area contributed by atoms with Crippen molar-refractivity contribution in [2.24, 2.45) is 0 Å². The van der Waals surface area contributed by atoms with Crippen molar-refractivity contribution in [1.82, 2.24) is 10.3 Å². The van der Waals surface area contributed by atoms with E-state index in [1.807, 2.05) is 24.6 Å². The Morgan fingerprint density at radius 2 is 2.21 bits per heavy atom. The highest BCUT2D eigenvalue weighted by atomic mass is 79.9. The number of halogens is 2. The lowest BCUT2D eigenvalue weighted by Gasteiger charge is -2.17. The van der Waals surface area contributed by atoms with E-state index in [-0.39, 0.29) is 11.9 Å². The lowest BCUT2D eigenvalue weighted by Crippen LogP contribution is -2.24. The number of thiazole rings is 1. The Morgan fingerprint density at radius 1 is 1.42 bits per heavy atom. The Kier molecular flexibility index (Phi) is 5.07. The number of nitrogens with zero attached hydrogens (tertiary/aromatic N) is 1. The zero-order valence-corrected chi connectivity index (χ0v) is 13.3. The Hall–Kier alpha value is -0.780. The van der Waals surface area contributed by atoms with Crippen molar-refractivity contribution in [3.63, 3.8) is 0 Å². The molecular formula is C14H16BrFN2S. The predicted octanol–water partition coefficient (Wildman–Crippen LogP) is 4.50. The van der Waals surface area contributed by atoms with Gasteiger partial charge in [-0.05, 0) is 25.1 Å². The summed E-state index contributed by atoms with van der Waals surface area (Å²) < 4.78 is 14.6. The predicted molar refractivity (Wildman–Crippen MR) is 81.0 cm³/mol. The first-order chi connectivity index (χ1) is 9.08. The van der Waals surface area contributed by atoms with E-state index in [2.05, 4.69) is 33.2 Å². The van der Waals surface area contributed by atoms with Crippen LogP contribution < -0.4 is 5.32 Å². The van der Waals surface area contributed by atoms with Gasteiger partial charge in [0, 0.05) is 40.1 Å². The van der Waals surface area contributed by atoms with Crippen molar-refractivity contribution in [2.75, 3.05) is 6.54 Å². The van der Waals surface area contributed by atoms with Crippen LogP contribution in [0.15, 0.2) is 34.2 Å². The molecule has 2 aromatic rings. The molecule has 5 heteroatoms. The molecule has 0 radical (unpaired) electrons. The number of hydrogen-bond donors (Lipinski definition) is 1. The molecule has 102 valence electrons.